The lowest BCUT2D eigenvalue weighted by atomic mass is 10.1. The third-order valence-electron chi connectivity index (χ3n) is 4.16. The largest absolute Gasteiger partial charge is 0.493 e. The summed E-state index contributed by atoms with van der Waals surface area (Å²) >= 11 is 6.29. The zero-order chi connectivity index (χ0) is 19.1. The van der Waals surface area contributed by atoms with Gasteiger partial charge in [0.15, 0.2) is 11.5 Å². The molecule has 0 spiro atoms. The van der Waals surface area contributed by atoms with Crippen molar-refractivity contribution in [3.8, 4) is 11.5 Å². The van der Waals surface area contributed by atoms with Crippen LogP contribution in [0.3, 0.4) is 0 Å². The van der Waals surface area contributed by atoms with Crippen LogP contribution >= 0.6 is 11.6 Å². The Morgan fingerprint density at radius 1 is 1.19 bits per heavy atom. The smallest absolute Gasteiger partial charge is 0.246 e. The highest BCUT2D eigenvalue weighted by molar-refractivity contribution is 6.32. The number of methoxy groups -OCH3 is 1. The van der Waals surface area contributed by atoms with Crippen molar-refractivity contribution in [3.63, 3.8) is 0 Å². The van der Waals surface area contributed by atoms with Gasteiger partial charge in [-0.25, -0.2) is 0 Å². The summed E-state index contributed by atoms with van der Waals surface area (Å²) in [7, 11) is 1.55. The second-order valence-electron chi connectivity index (χ2n) is 6.05. The molecule has 1 saturated heterocycles. The Balaban J connectivity index is 2.04. The summed E-state index contributed by atoms with van der Waals surface area (Å²) < 4.78 is 11.0. The minimum Gasteiger partial charge on any atom is -0.493 e. The zero-order valence-corrected chi connectivity index (χ0v) is 16.2. The second kappa shape index (κ2) is 9.48. The average Bonchev–Trinajstić information content (AvgIpc) is 2.64. The van der Waals surface area contributed by atoms with Gasteiger partial charge in [0.2, 0.25) is 11.8 Å². The van der Waals surface area contributed by atoms with Gasteiger partial charge in [0.1, 0.15) is 0 Å². The number of halogens is 1. The quantitative estimate of drug-likeness (QED) is 0.712. The number of hydrogen-bond acceptors (Lipinski definition) is 4. The second-order valence-corrected chi connectivity index (χ2v) is 6.45. The summed E-state index contributed by atoms with van der Waals surface area (Å²) in [6.45, 7) is 6.32. The standard InChI is InChI=1S/C19H25ClN2O4/c1-4-11-26-19-16(20)12-15(13-17(19)25-3)5-6-18(24)22-9-7-21(8-10-22)14(2)23/h5-6,12-13H,4,7-11H2,1-3H3/b6-5+. The molecule has 1 fully saturated rings. The first-order chi connectivity index (χ1) is 12.5. The van der Waals surface area contributed by atoms with Crippen LogP contribution in [0.25, 0.3) is 6.08 Å². The van der Waals surface area contributed by atoms with Gasteiger partial charge in [-0.1, -0.05) is 18.5 Å². The van der Waals surface area contributed by atoms with E-state index in [2.05, 4.69) is 0 Å². The fourth-order valence-corrected chi connectivity index (χ4v) is 2.97. The van der Waals surface area contributed by atoms with E-state index in [1.165, 1.54) is 6.08 Å². The van der Waals surface area contributed by atoms with Crippen LogP contribution in [0.15, 0.2) is 18.2 Å². The van der Waals surface area contributed by atoms with Crippen molar-refractivity contribution in [1.29, 1.82) is 0 Å². The Labute approximate surface area is 159 Å². The summed E-state index contributed by atoms with van der Waals surface area (Å²) in [5, 5.41) is 0.444. The Morgan fingerprint density at radius 2 is 1.85 bits per heavy atom. The summed E-state index contributed by atoms with van der Waals surface area (Å²) in [4.78, 5) is 27.2. The fraction of sp³-hybridized carbons (Fsp3) is 0.474. The van der Waals surface area contributed by atoms with Crippen molar-refractivity contribution >= 4 is 29.5 Å². The van der Waals surface area contributed by atoms with Crippen LogP contribution in [-0.4, -0.2) is 61.5 Å². The third-order valence-corrected chi connectivity index (χ3v) is 4.44. The molecule has 0 radical (unpaired) electrons. The molecule has 6 nitrogen and oxygen atoms in total. The van der Waals surface area contributed by atoms with Crippen LogP contribution in [0.5, 0.6) is 11.5 Å². The topological polar surface area (TPSA) is 59.1 Å². The van der Waals surface area contributed by atoms with Gasteiger partial charge >= 0.3 is 0 Å². The van der Waals surface area contributed by atoms with E-state index in [0.29, 0.717) is 49.3 Å². The number of hydrogen-bond donors (Lipinski definition) is 0. The van der Waals surface area contributed by atoms with E-state index >= 15 is 0 Å². The van der Waals surface area contributed by atoms with E-state index in [0.717, 1.165) is 12.0 Å². The van der Waals surface area contributed by atoms with Gasteiger partial charge in [0.25, 0.3) is 0 Å². The van der Waals surface area contributed by atoms with Crippen LogP contribution in [0, 0.1) is 0 Å². The molecule has 1 aliphatic heterocycles. The molecule has 2 rings (SSSR count). The van der Waals surface area contributed by atoms with Crippen LogP contribution in [0.4, 0.5) is 0 Å². The normalized spacial score (nSPS) is 14.6. The molecule has 0 unspecified atom stereocenters. The lowest BCUT2D eigenvalue weighted by Crippen LogP contribution is -2.49. The van der Waals surface area contributed by atoms with Crippen molar-refractivity contribution in [2.75, 3.05) is 39.9 Å². The maximum Gasteiger partial charge on any atom is 0.246 e. The Morgan fingerprint density at radius 3 is 2.42 bits per heavy atom. The highest BCUT2D eigenvalue weighted by Gasteiger charge is 2.20. The summed E-state index contributed by atoms with van der Waals surface area (Å²) in [5.74, 6) is 1.00. The van der Waals surface area contributed by atoms with E-state index in [-0.39, 0.29) is 11.8 Å². The van der Waals surface area contributed by atoms with Crippen molar-refractivity contribution in [2.24, 2.45) is 0 Å². The lowest BCUT2D eigenvalue weighted by molar-refractivity contribution is -0.135. The van der Waals surface area contributed by atoms with Gasteiger partial charge in [0, 0.05) is 39.2 Å². The van der Waals surface area contributed by atoms with Crippen LogP contribution in [-0.2, 0) is 9.59 Å². The van der Waals surface area contributed by atoms with Gasteiger partial charge < -0.3 is 19.3 Å². The molecule has 0 aliphatic carbocycles. The number of rotatable bonds is 6. The Hall–Kier alpha value is -2.21. The molecule has 0 atom stereocenters. The van der Waals surface area contributed by atoms with Gasteiger partial charge in [-0.15, -0.1) is 0 Å². The highest BCUT2D eigenvalue weighted by atomic mass is 35.5. The van der Waals surface area contributed by atoms with Crippen molar-refractivity contribution in [1.82, 2.24) is 9.80 Å². The monoisotopic (exact) mass is 380 g/mol. The van der Waals surface area contributed by atoms with E-state index in [1.54, 1.807) is 42.0 Å². The predicted octanol–water partition coefficient (Wildman–Crippen LogP) is 2.84. The number of carbonyl (C=O) groups is 2. The number of ether oxygens (including phenoxy) is 2. The maximum atomic E-state index is 12.3. The molecule has 0 aromatic heterocycles. The fourth-order valence-electron chi connectivity index (χ4n) is 2.69. The van der Waals surface area contributed by atoms with E-state index in [9.17, 15) is 9.59 Å². The molecule has 26 heavy (non-hydrogen) atoms. The van der Waals surface area contributed by atoms with Crippen molar-refractivity contribution < 1.29 is 19.1 Å². The zero-order valence-electron chi connectivity index (χ0n) is 15.5. The van der Waals surface area contributed by atoms with E-state index in [4.69, 9.17) is 21.1 Å². The SMILES string of the molecule is CCCOc1c(Cl)cc(/C=C/C(=O)N2CCN(C(C)=O)CC2)cc1OC. The summed E-state index contributed by atoms with van der Waals surface area (Å²) in [5.41, 5.74) is 0.756. The Kier molecular flexibility index (Phi) is 7.33. The molecular weight excluding hydrogens is 356 g/mol. The summed E-state index contributed by atoms with van der Waals surface area (Å²) in [6, 6.07) is 3.53. The van der Waals surface area contributed by atoms with Gasteiger partial charge in [-0.3, -0.25) is 9.59 Å². The number of amides is 2. The minimum absolute atomic E-state index is 0.0414. The third kappa shape index (κ3) is 5.14. The highest BCUT2D eigenvalue weighted by Crippen LogP contribution is 2.36. The molecular formula is C19H25ClN2O4. The lowest BCUT2D eigenvalue weighted by Gasteiger charge is -2.33. The minimum atomic E-state index is -0.0883. The molecule has 142 valence electrons. The maximum absolute atomic E-state index is 12.3. The average molecular weight is 381 g/mol. The van der Waals surface area contributed by atoms with Crippen LogP contribution in [0.2, 0.25) is 5.02 Å². The van der Waals surface area contributed by atoms with Gasteiger partial charge in [-0.05, 0) is 30.2 Å². The molecule has 7 heteroatoms. The molecule has 0 bridgehead atoms. The molecule has 1 heterocycles. The first-order valence-corrected chi connectivity index (χ1v) is 9.06. The number of piperazine rings is 1. The molecule has 2 amide bonds. The predicted molar refractivity (Wildman–Crippen MR) is 102 cm³/mol. The first-order valence-electron chi connectivity index (χ1n) is 8.69. The van der Waals surface area contributed by atoms with E-state index in [1.807, 2.05) is 6.92 Å². The van der Waals surface area contributed by atoms with Crippen LogP contribution in [0.1, 0.15) is 25.8 Å². The number of carbonyl (C=O) groups excluding carboxylic acids is 2. The summed E-state index contributed by atoms with van der Waals surface area (Å²) in [6.07, 6.45) is 4.09. The van der Waals surface area contributed by atoms with E-state index < -0.39 is 0 Å². The van der Waals surface area contributed by atoms with Gasteiger partial charge in [-0.2, -0.15) is 0 Å². The Bertz CT molecular complexity index is 682. The van der Waals surface area contributed by atoms with Crippen molar-refractivity contribution in [2.45, 2.75) is 20.3 Å². The molecule has 1 aromatic rings. The molecule has 1 aliphatic rings. The van der Waals surface area contributed by atoms with Crippen molar-refractivity contribution in [3.05, 3.63) is 28.8 Å². The number of benzene rings is 1. The molecule has 0 N–H and O–H groups in total. The first kappa shape index (κ1) is 20.1. The number of nitrogens with zero attached hydrogens (tertiary/aromatic N) is 2. The van der Waals surface area contributed by atoms with Gasteiger partial charge in [0.05, 0.1) is 18.7 Å². The molecule has 0 saturated carbocycles. The van der Waals surface area contributed by atoms with Crippen LogP contribution < -0.4 is 9.47 Å². The molecule has 1 aromatic carbocycles.